The lowest BCUT2D eigenvalue weighted by Gasteiger charge is -2.21. The second-order valence-electron chi connectivity index (χ2n) is 7.71. The number of ether oxygens (including phenoxy) is 2. The van der Waals surface area contributed by atoms with Gasteiger partial charge in [-0.25, -0.2) is 13.8 Å². The first-order chi connectivity index (χ1) is 17.1. The summed E-state index contributed by atoms with van der Waals surface area (Å²) in [7, 11) is -2.89. The number of para-hydroxylation sites is 1. The molecule has 0 unspecified atom stereocenters. The monoisotopic (exact) mass is 519 g/mol. The molecule has 0 aliphatic carbocycles. The van der Waals surface area contributed by atoms with Crippen LogP contribution in [0.5, 0.6) is 11.5 Å². The lowest BCUT2D eigenvalue weighted by molar-refractivity contribution is -0.137. The molecule has 36 heavy (non-hydrogen) atoms. The van der Waals surface area contributed by atoms with Gasteiger partial charge in [0.25, 0.3) is 10.0 Å². The van der Waals surface area contributed by atoms with E-state index in [9.17, 15) is 26.4 Å². The predicted octanol–water partition coefficient (Wildman–Crippen LogP) is 3.95. The Hall–Kier alpha value is -4.06. The molecule has 0 saturated heterocycles. The number of carbonyl (C=O) groups is 1. The van der Waals surface area contributed by atoms with Crippen molar-refractivity contribution in [2.75, 3.05) is 18.1 Å². The first kappa shape index (κ1) is 25.0. The van der Waals surface area contributed by atoms with Crippen LogP contribution in [0.1, 0.15) is 16.7 Å². The van der Waals surface area contributed by atoms with Gasteiger partial charge in [0.05, 0.1) is 28.8 Å². The van der Waals surface area contributed by atoms with E-state index in [1.165, 1.54) is 19.3 Å². The lowest BCUT2D eigenvalue weighted by atomic mass is 10.1. The molecule has 1 amide bonds. The van der Waals surface area contributed by atoms with Gasteiger partial charge in [0.1, 0.15) is 0 Å². The van der Waals surface area contributed by atoms with Crippen molar-refractivity contribution in [2.24, 2.45) is 5.10 Å². The van der Waals surface area contributed by atoms with Gasteiger partial charge in [-0.1, -0.05) is 24.3 Å². The number of sulfonamides is 1. The van der Waals surface area contributed by atoms with Gasteiger partial charge < -0.3 is 9.47 Å². The zero-order valence-electron chi connectivity index (χ0n) is 18.8. The van der Waals surface area contributed by atoms with E-state index in [4.69, 9.17) is 9.47 Å². The number of halogens is 3. The average Bonchev–Trinajstić information content (AvgIpc) is 3.31. The Labute approximate surface area is 205 Å². The molecule has 12 heteroatoms. The van der Waals surface area contributed by atoms with Gasteiger partial charge in [-0.3, -0.25) is 9.10 Å². The fourth-order valence-corrected chi connectivity index (χ4v) is 4.66. The van der Waals surface area contributed by atoms with E-state index in [0.29, 0.717) is 34.8 Å². The number of fused-ring (bicyclic) bond motifs is 1. The smallest absolute Gasteiger partial charge is 0.416 e. The van der Waals surface area contributed by atoms with Crippen molar-refractivity contribution in [2.45, 2.75) is 17.5 Å². The summed E-state index contributed by atoms with van der Waals surface area (Å²) in [5.41, 5.74) is 2.70. The molecule has 1 aliphatic rings. The number of hydrogen-bond donors (Lipinski definition) is 1. The highest BCUT2D eigenvalue weighted by Gasteiger charge is 2.31. The molecule has 0 saturated carbocycles. The zero-order valence-corrected chi connectivity index (χ0v) is 19.6. The quantitative estimate of drug-likeness (QED) is 0.377. The number of hydrazone groups is 1. The molecule has 0 aromatic heterocycles. The van der Waals surface area contributed by atoms with Crippen LogP contribution in [0.2, 0.25) is 0 Å². The van der Waals surface area contributed by atoms with E-state index in [1.54, 1.807) is 36.4 Å². The topological polar surface area (TPSA) is 97.3 Å². The summed E-state index contributed by atoms with van der Waals surface area (Å²) in [6.07, 6.45) is -3.27. The maximum atomic E-state index is 13.0. The van der Waals surface area contributed by atoms with E-state index in [-0.39, 0.29) is 23.8 Å². The molecule has 1 aliphatic heterocycles. The summed E-state index contributed by atoms with van der Waals surface area (Å²) in [5, 5.41) is 3.92. The SMILES string of the molecule is CN(c1ccccc1/C=N/NC(=O)Cc1ccc2c(c1)OCO2)S(=O)(=O)c1ccc(C(F)(F)F)cc1. The van der Waals surface area contributed by atoms with Crippen LogP contribution in [0, 0.1) is 0 Å². The summed E-state index contributed by atoms with van der Waals surface area (Å²) in [5.74, 6) is 0.743. The molecular weight excluding hydrogens is 499 g/mol. The minimum Gasteiger partial charge on any atom is -0.454 e. The number of benzene rings is 3. The highest BCUT2D eigenvalue weighted by atomic mass is 32.2. The number of nitrogens with zero attached hydrogens (tertiary/aromatic N) is 2. The number of anilines is 1. The van der Waals surface area contributed by atoms with Gasteiger partial charge in [-0.05, 0) is 48.0 Å². The third kappa shape index (κ3) is 5.43. The summed E-state index contributed by atoms with van der Waals surface area (Å²) < 4.78 is 76.0. The number of carbonyl (C=O) groups excluding carboxylic acids is 1. The van der Waals surface area contributed by atoms with Crippen molar-refractivity contribution < 1.29 is 35.9 Å². The van der Waals surface area contributed by atoms with Crippen LogP contribution in [0.3, 0.4) is 0 Å². The minimum absolute atomic E-state index is 0.0256. The van der Waals surface area contributed by atoms with Gasteiger partial charge in [-0.2, -0.15) is 18.3 Å². The first-order valence-electron chi connectivity index (χ1n) is 10.5. The first-order valence-corrected chi connectivity index (χ1v) is 12.0. The van der Waals surface area contributed by atoms with Crippen LogP contribution in [0.15, 0.2) is 76.7 Å². The third-order valence-corrected chi connectivity index (χ3v) is 7.10. The third-order valence-electron chi connectivity index (χ3n) is 5.31. The van der Waals surface area contributed by atoms with Crippen molar-refractivity contribution in [3.63, 3.8) is 0 Å². The molecule has 3 aromatic rings. The molecule has 0 spiro atoms. The molecule has 3 aromatic carbocycles. The van der Waals surface area contributed by atoms with Crippen molar-refractivity contribution in [1.82, 2.24) is 5.43 Å². The maximum Gasteiger partial charge on any atom is 0.416 e. The largest absolute Gasteiger partial charge is 0.454 e. The molecule has 1 heterocycles. The fraction of sp³-hybridized carbons (Fsp3) is 0.167. The predicted molar refractivity (Wildman–Crippen MR) is 125 cm³/mol. The van der Waals surface area contributed by atoms with Crippen LogP contribution in [0.25, 0.3) is 0 Å². The summed E-state index contributed by atoms with van der Waals surface area (Å²) in [4.78, 5) is 12.0. The standard InChI is InChI=1S/C24H20F3N3O5S/c1-30(36(32,33)19-9-7-18(8-10-19)24(25,26)27)20-5-3-2-4-17(20)14-28-29-23(31)13-16-6-11-21-22(12-16)35-15-34-21/h2-12,14H,13,15H2,1H3,(H,29,31)/b28-14+. The molecule has 0 bridgehead atoms. The Morgan fingerprint density at radius 3 is 2.47 bits per heavy atom. The van der Waals surface area contributed by atoms with E-state index < -0.39 is 27.7 Å². The van der Waals surface area contributed by atoms with E-state index >= 15 is 0 Å². The van der Waals surface area contributed by atoms with E-state index in [0.717, 1.165) is 16.4 Å². The second kappa shape index (κ2) is 9.90. The molecule has 0 fully saturated rings. The van der Waals surface area contributed by atoms with E-state index in [1.807, 2.05) is 0 Å². The van der Waals surface area contributed by atoms with Gasteiger partial charge in [0.2, 0.25) is 12.7 Å². The van der Waals surface area contributed by atoms with E-state index in [2.05, 4.69) is 10.5 Å². The number of rotatable bonds is 7. The van der Waals surface area contributed by atoms with Gasteiger partial charge in [-0.15, -0.1) is 0 Å². The van der Waals surface area contributed by atoms with Crippen molar-refractivity contribution in [3.05, 3.63) is 83.4 Å². The minimum atomic E-state index is -4.58. The zero-order chi connectivity index (χ0) is 25.9. The summed E-state index contributed by atoms with van der Waals surface area (Å²) in [6.45, 7) is 0.123. The lowest BCUT2D eigenvalue weighted by Crippen LogP contribution is -2.27. The van der Waals surface area contributed by atoms with Crippen molar-refractivity contribution in [1.29, 1.82) is 0 Å². The van der Waals surface area contributed by atoms with Gasteiger partial charge in [0, 0.05) is 12.6 Å². The normalized spacial score (nSPS) is 13.1. The molecule has 1 N–H and O–H groups in total. The fourth-order valence-electron chi connectivity index (χ4n) is 3.44. The molecule has 8 nitrogen and oxygen atoms in total. The number of hydrogen-bond acceptors (Lipinski definition) is 6. The summed E-state index contributed by atoms with van der Waals surface area (Å²) >= 11 is 0. The number of alkyl halides is 3. The molecular formula is C24H20F3N3O5S. The highest BCUT2D eigenvalue weighted by molar-refractivity contribution is 7.92. The Morgan fingerprint density at radius 1 is 1.06 bits per heavy atom. The van der Waals surface area contributed by atoms with Gasteiger partial charge in [0.15, 0.2) is 11.5 Å². The molecule has 0 radical (unpaired) electrons. The Morgan fingerprint density at radius 2 is 1.75 bits per heavy atom. The van der Waals surface area contributed by atoms with Crippen LogP contribution < -0.4 is 19.2 Å². The average molecular weight is 520 g/mol. The Balaban J connectivity index is 1.46. The second-order valence-corrected chi connectivity index (χ2v) is 9.68. The number of nitrogens with one attached hydrogen (secondary N) is 1. The molecule has 188 valence electrons. The van der Waals surface area contributed by atoms with Gasteiger partial charge >= 0.3 is 6.18 Å². The molecule has 0 atom stereocenters. The van der Waals surface area contributed by atoms with Crippen LogP contribution >= 0.6 is 0 Å². The van der Waals surface area contributed by atoms with Crippen LogP contribution in [-0.2, 0) is 27.4 Å². The van der Waals surface area contributed by atoms with Crippen molar-refractivity contribution >= 4 is 27.8 Å². The van der Waals surface area contributed by atoms with Crippen LogP contribution in [0.4, 0.5) is 18.9 Å². The molecule has 4 rings (SSSR count). The maximum absolute atomic E-state index is 13.0. The highest BCUT2D eigenvalue weighted by Crippen LogP contribution is 2.33. The Bertz CT molecular complexity index is 1410. The van der Waals surface area contributed by atoms with Crippen LogP contribution in [-0.4, -0.2) is 34.4 Å². The Kier molecular flexibility index (Phi) is 6.88. The summed E-state index contributed by atoms with van der Waals surface area (Å²) in [6, 6.07) is 14.7. The number of amides is 1. The van der Waals surface area contributed by atoms with Crippen molar-refractivity contribution in [3.8, 4) is 11.5 Å².